The third-order valence-corrected chi connectivity index (χ3v) is 2.85. The van der Waals surface area contributed by atoms with Crippen molar-refractivity contribution in [2.45, 2.75) is 11.6 Å². The Morgan fingerprint density at radius 1 is 1.33 bits per heavy atom. The molecular weight excluding hydrogens is 260 g/mol. The summed E-state index contributed by atoms with van der Waals surface area (Å²) in [5.41, 5.74) is 0. The lowest BCUT2D eigenvalue weighted by Gasteiger charge is -2.04. The zero-order valence-corrected chi connectivity index (χ0v) is 11.0. The standard InChI is InChI=1S/C10H18N2O5S/c1-15-6-7-16-5-4-12-8-9-2-3-10(17-9)18(11,13)14/h2-3,12H,4-8H2,1H3,(H2,11,13,14). The van der Waals surface area contributed by atoms with Crippen molar-refractivity contribution in [3.63, 3.8) is 0 Å². The molecule has 0 spiro atoms. The molecule has 0 aliphatic rings. The zero-order valence-electron chi connectivity index (χ0n) is 10.2. The van der Waals surface area contributed by atoms with Gasteiger partial charge in [-0.3, -0.25) is 0 Å². The summed E-state index contributed by atoms with van der Waals surface area (Å²) in [7, 11) is -2.15. The van der Waals surface area contributed by atoms with E-state index in [0.29, 0.717) is 38.7 Å². The van der Waals surface area contributed by atoms with Crippen molar-refractivity contribution in [1.29, 1.82) is 0 Å². The molecule has 0 aliphatic heterocycles. The predicted octanol–water partition coefficient (Wildman–Crippen LogP) is -0.320. The van der Waals surface area contributed by atoms with Crippen molar-refractivity contribution < 1.29 is 22.3 Å². The highest BCUT2D eigenvalue weighted by molar-refractivity contribution is 7.89. The number of nitrogens with one attached hydrogen (secondary N) is 1. The van der Waals surface area contributed by atoms with Crippen LogP contribution in [0, 0.1) is 0 Å². The van der Waals surface area contributed by atoms with Crippen LogP contribution in [0.4, 0.5) is 0 Å². The van der Waals surface area contributed by atoms with Crippen LogP contribution in [0.1, 0.15) is 5.76 Å². The summed E-state index contributed by atoms with van der Waals surface area (Å²) in [6, 6.07) is 2.90. The molecule has 0 bridgehead atoms. The van der Waals surface area contributed by atoms with Crippen molar-refractivity contribution in [1.82, 2.24) is 5.32 Å². The van der Waals surface area contributed by atoms with E-state index in [1.807, 2.05) is 0 Å². The van der Waals surface area contributed by atoms with Crippen LogP contribution in [-0.2, 0) is 26.0 Å². The van der Waals surface area contributed by atoms with Gasteiger partial charge in [0.25, 0.3) is 10.0 Å². The number of primary sulfonamides is 1. The van der Waals surface area contributed by atoms with Crippen LogP contribution in [-0.4, -0.2) is 41.9 Å². The average Bonchev–Trinajstić information content (AvgIpc) is 2.76. The van der Waals surface area contributed by atoms with Crippen LogP contribution in [0.2, 0.25) is 0 Å². The Morgan fingerprint density at radius 2 is 2.11 bits per heavy atom. The Balaban J connectivity index is 2.18. The fourth-order valence-electron chi connectivity index (χ4n) is 1.21. The SMILES string of the molecule is COCCOCCNCc1ccc(S(N)(=O)=O)o1. The van der Waals surface area contributed by atoms with E-state index < -0.39 is 10.0 Å². The number of methoxy groups -OCH3 is 1. The molecule has 1 aromatic rings. The quantitative estimate of drug-likeness (QED) is 0.600. The lowest BCUT2D eigenvalue weighted by atomic mass is 10.4. The summed E-state index contributed by atoms with van der Waals surface area (Å²) in [4.78, 5) is 0. The summed E-state index contributed by atoms with van der Waals surface area (Å²) in [5, 5.41) is 7.74. The summed E-state index contributed by atoms with van der Waals surface area (Å²) >= 11 is 0. The van der Waals surface area contributed by atoms with Gasteiger partial charge in [-0.25, -0.2) is 13.6 Å². The molecule has 0 aliphatic carbocycles. The van der Waals surface area contributed by atoms with Crippen LogP contribution in [0.3, 0.4) is 0 Å². The molecule has 3 N–H and O–H groups in total. The van der Waals surface area contributed by atoms with Crippen LogP contribution in [0.15, 0.2) is 21.6 Å². The van der Waals surface area contributed by atoms with Gasteiger partial charge in [0.05, 0.1) is 26.4 Å². The van der Waals surface area contributed by atoms with E-state index in [-0.39, 0.29) is 5.09 Å². The summed E-state index contributed by atoms with van der Waals surface area (Å²) < 4.78 is 37.0. The second-order valence-electron chi connectivity index (χ2n) is 3.55. The molecule has 0 aromatic carbocycles. The van der Waals surface area contributed by atoms with Crippen LogP contribution >= 0.6 is 0 Å². The number of hydrogen-bond acceptors (Lipinski definition) is 6. The first-order chi connectivity index (χ1) is 8.54. The number of sulfonamides is 1. The number of ether oxygens (including phenoxy) is 2. The molecule has 8 heteroatoms. The van der Waals surface area contributed by atoms with Gasteiger partial charge in [0.1, 0.15) is 5.76 Å². The Morgan fingerprint density at radius 3 is 2.72 bits per heavy atom. The van der Waals surface area contributed by atoms with E-state index >= 15 is 0 Å². The van der Waals surface area contributed by atoms with Crippen molar-refractivity contribution >= 4 is 10.0 Å². The predicted molar refractivity (Wildman–Crippen MR) is 64.5 cm³/mol. The smallest absolute Gasteiger partial charge is 0.271 e. The zero-order chi connectivity index (χ0) is 13.4. The van der Waals surface area contributed by atoms with Crippen molar-refractivity contribution in [3.05, 3.63) is 17.9 Å². The number of nitrogens with two attached hydrogens (primary N) is 1. The largest absolute Gasteiger partial charge is 0.447 e. The Bertz CT molecular complexity index is 443. The molecule has 7 nitrogen and oxygen atoms in total. The lowest BCUT2D eigenvalue weighted by Crippen LogP contribution is -2.20. The van der Waals surface area contributed by atoms with Gasteiger partial charge >= 0.3 is 0 Å². The minimum atomic E-state index is -3.76. The van der Waals surface area contributed by atoms with Gasteiger partial charge in [-0.2, -0.15) is 0 Å². The van der Waals surface area contributed by atoms with Gasteiger partial charge in [0.15, 0.2) is 0 Å². The maximum Gasteiger partial charge on any atom is 0.271 e. The Kier molecular flexibility index (Phi) is 6.30. The molecule has 0 saturated heterocycles. The van der Waals surface area contributed by atoms with E-state index in [9.17, 15) is 8.42 Å². The minimum absolute atomic E-state index is 0.226. The van der Waals surface area contributed by atoms with Gasteiger partial charge in [-0.15, -0.1) is 0 Å². The molecule has 104 valence electrons. The van der Waals surface area contributed by atoms with Crippen molar-refractivity contribution in [3.8, 4) is 0 Å². The lowest BCUT2D eigenvalue weighted by molar-refractivity contribution is 0.0717. The third kappa shape index (κ3) is 5.61. The van der Waals surface area contributed by atoms with Gasteiger partial charge in [0.2, 0.25) is 5.09 Å². The van der Waals surface area contributed by atoms with Crippen LogP contribution in [0.25, 0.3) is 0 Å². The van der Waals surface area contributed by atoms with Crippen molar-refractivity contribution in [2.75, 3.05) is 33.5 Å². The van der Waals surface area contributed by atoms with Crippen LogP contribution in [0.5, 0.6) is 0 Å². The fourth-order valence-corrected chi connectivity index (χ4v) is 1.69. The highest BCUT2D eigenvalue weighted by Gasteiger charge is 2.12. The first kappa shape index (κ1) is 15.1. The van der Waals surface area contributed by atoms with Crippen molar-refractivity contribution in [2.24, 2.45) is 5.14 Å². The van der Waals surface area contributed by atoms with Gasteiger partial charge in [-0.1, -0.05) is 0 Å². The number of furan rings is 1. The summed E-state index contributed by atoms with van der Waals surface area (Å²) in [6.45, 7) is 2.72. The molecule has 0 radical (unpaired) electrons. The molecule has 0 amide bonds. The van der Waals surface area contributed by atoms with Crippen LogP contribution < -0.4 is 10.5 Å². The Labute approximate surface area is 106 Å². The minimum Gasteiger partial charge on any atom is -0.447 e. The highest BCUT2D eigenvalue weighted by Crippen LogP contribution is 2.11. The molecule has 1 rings (SSSR count). The molecular formula is C10H18N2O5S. The molecule has 18 heavy (non-hydrogen) atoms. The molecule has 0 atom stereocenters. The second kappa shape index (κ2) is 7.49. The first-order valence-electron chi connectivity index (χ1n) is 5.43. The maximum absolute atomic E-state index is 11.0. The second-order valence-corrected chi connectivity index (χ2v) is 5.04. The molecule has 0 unspecified atom stereocenters. The van der Waals surface area contributed by atoms with E-state index in [1.165, 1.54) is 6.07 Å². The Hall–Kier alpha value is -0.930. The molecule has 0 saturated carbocycles. The topological polar surface area (TPSA) is 104 Å². The molecule has 1 aromatic heterocycles. The maximum atomic E-state index is 11.0. The average molecular weight is 278 g/mol. The summed E-state index contributed by atoms with van der Waals surface area (Å²) in [5.74, 6) is 0.510. The third-order valence-electron chi connectivity index (χ3n) is 2.07. The summed E-state index contributed by atoms with van der Waals surface area (Å²) in [6.07, 6.45) is 0. The van der Waals surface area contributed by atoms with E-state index in [2.05, 4.69) is 5.32 Å². The molecule has 1 heterocycles. The first-order valence-corrected chi connectivity index (χ1v) is 6.97. The monoisotopic (exact) mass is 278 g/mol. The van der Waals surface area contributed by atoms with E-state index in [0.717, 1.165) is 0 Å². The highest BCUT2D eigenvalue weighted by atomic mass is 32.2. The van der Waals surface area contributed by atoms with Gasteiger partial charge in [-0.05, 0) is 12.1 Å². The number of rotatable bonds is 9. The molecule has 0 fully saturated rings. The van der Waals surface area contributed by atoms with Gasteiger partial charge in [0, 0.05) is 13.7 Å². The van der Waals surface area contributed by atoms with E-state index in [4.69, 9.17) is 19.0 Å². The normalized spacial score (nSPS) is 11.9. The van der Waals surface area contributed by atoms with E-state index in [1.54, 1.807) is 13.2 Å². The number of hydrogen-bond donors (Lipinski definition) is 2. The van der Waals surface area contributed by atoms with Gasteiger partial charge < -0.3 is 19.2 Å². The fraction of sp³-hybridized carbons (Fsp3) is 0.600.